The fourth-order valence-corrected chi connectivity index (χ4v) is 3.82. The van der Waals surface area contributed by atoms with Gasteiger partial charge in [0.2, 0.25) is 5.95 Å². The van der Waals surface area contributed by atoms with Crippen LogP contribution in [0.5, 0.6) is 0 Å². The van der Waals surface area contributed by atoms with E-state index in [1.807, 2.05) is 60.8 Å². The Bertz CT molecular complexity index is 1590. The van der Waals surface area contributed by atoms with E-state index in [-0.39, 0.29) is 0 Å². The summed E-state index contributed by atoms with van der Waals surface area (Å²) >= 11 is 0. The van der Waals surface area contributed by atoms with Crippen LogP contribution in [-0.4, -0.2) is 35.2 Å². The topological polar surface area (TPSA) is 85.2 Å². The minimum Gasteiger partial charge on any atom is -0.277 e. The van der Waals surface area contributed by atoms with Crippen molar-refractivity contribution in [1.29, 1.82) is 0 Å². The molecule has 0 fully saturated rings. The number of hydrogen-bond acceptors (Lipinski definition) is 5. The van der Waals surface area contributed by atoms with Crippen molar-refractivity contribution in [2.24, 2.45) is 0 Å². The van der Waals surface area contributed by atoms with E-state index in [0.717, 1.165) is 27.7 Å². The first-order valence-corrected chi connectivity index (χ1v) is 10.3. The Balaban J connectivity index is 1.39. The maximum absolute atomic E-state index is 14.2. The minimum atomic E-state index is -0.515. The van der Waals surface area contributed by atoms with Crippen molar-refractivity contribution in [3.05, 3.63) is 97.5 Å². The van der Waals surface area contributed by atoms with Gasteiger partial charge < -0.3 is 0 Å². The van der Waals surface area contributed by atoms with Crippen LogP contribution in [-0.2, 0) is 0 Å². The summed E-state index contributed by atoms with van der Waals surface area (Å²) in [4.78, 5) is 8.11. The van der Waals surface area contributed by atoms with Gasteiger partial charge in [0, 0.05) is 28.9 Å². The van der Waals surface area contributed by atoms with Crippen LogP contribution in [0, 0.1) is 5.95 Å². The molecular formula is C25H16FN7. The lowest BCUT2D eigenvalue weighted by atomic mass is 10.0. The van der Waals surface area contributed by atoms with E-state index in [0.29, 0.717) is 22.5 Å². The van der Waals surface area contributed by atoms with E-state index < -0.39 is 5.95 Å². The smallest absolute Gasteiger partial charge is 0.220 e. The lowest BCUT2D eigenvalue weighted by molar-refractivity contribution is 0.587. The second kappa shape index (κ2) is 7.76. The number of aromatic nitrogens is 7. The first-order chi connectivity index (χ1) is 16.3. The Kier molecular flexibility index (Phi) is 4.47. The zero-order valence-corrected chi connectivity index (χ0v) is 17.2. The lowest BCUT2D eigenvalue weighted by Gasteiger charge is -2.04. The van der Waals surface area contributed by atoms with Crippen LogP contribution in [0.3, 0.4) is 0 Å². The number of nitrogens with zero attached hydrogens (tertiary/aromatic N) is 6. The van der Waals surface area contributed by atoms with Gasteiger partial charge in [-0.05, 0) is 41.5 Å². The van der Waals surface area contributed by atoms with Gasteiger partial charge in [-0.2, -0.15) is 9.49 Å². The van der Waals surface area contributed by atoms with Gasteiger partial charge in [-0.3, -0.25) is 10.1 Å². The van der Waals surface area contributed by atoms with Gasteiger partial charge in [0.05, 0.1) is 23.6 Å². The summed E-state index contributed by atoms with van der Waals surface area (Å²) in [6, 6.07) is 21.0. The first kappa shape index (κ1) is 19.0. The summed E-state index contributed by atoms with van der Waals surface area (Å²) in [5.74, 6) is -0.515. The quantitative estimate of drug-likeness (QED) is 0.392. The average molecular weight is 433 g/mol. The van der Waals surface area contributed by atoms with Crippen molar-refractivity contribution in [3.8, 4) is 39.3 Å². The number of hydrogen-bond donors (Lipinski definition) is 1. The van der Waals surface area contributed by atoms with Gasteiger partial charge in [0.25, 0.3) is 0 Å². The van der Waals surface area contributed by atoms with Gasteiger partial charge in [-0.1, -0.05) is 41.6 Å². The normalized spacial score (nSPS) is 11.2. The maximum Gasteiger partial charge on any atom is 0.220 e. The lowest BCUT2D eigenvalue weighted by Crippen LogP contribution is -1.96. The second-order valence-corrected chi connectivity index (χ2v) is 7.52. The van der Waals surface area contributed by atoms with Gasteiger partial charge in [-0.25, -0.2) is 9.67 Å². The number of pyridine rings is 2. The summed E-state index contributed by atoms with van der Waals surface area (Å²) in [7, 11) is 0. The number of nitrogens with one attached hydrogen (secondary N) is 1. The van der Waals surface area contributed by atoms with Crippen LogP contribution in [0.2, 0.25) is 0 Å². The largest absolute Gasteiger partial charge is 0.277 e. The molecule has 33 heavy (non-hydrogen) atoms. The molecule has 4 heterocycles. The molecule has 0 saturated heterocycles. The number of H-pyrrole nitrogens is 1. The van der Waals surface area contributed by atoms with Crippen LogP contribution < -0.4 is 0 Å². The van der Waals surface area contributed by atoms with Crippen LogP contribution in [0.1, 0.15) is 0 Å². The molecule has 0 amide bonds. The van der Waals surface area contributed by atoms with Crippen LogP contribution >= 0.6 is 0 Å². The van der Waals surface area contributed by atoms with Gasteiger partial charge in [0.1, 0.15) is 11.4 Å². The third-order valence-electron chi connectivity index (χ3n) is 5.46. The molecule has 1 N–H and O–H groups in total. The Morgan fingerprint density at radius 1 is 0.848 bits per heavy atom. The Morgan fingerprint density at radius 2 is 1.76 bits per heavy atom. The SMILES string of the molecule is Fc1ncccc1-c1ccc2[nH]nc(-c3cn(-c4cncc(-c5ccccc5)c4)nn3)c2c1. The number of halogens is 1. The molecule has 0 radical (unpaired) electrons. The van der Waals surface area contributed by atoms with Gasteiger partial charge in [0.15, 0.2) is 0 Å². The zero-order chi connectivity index (χ0) is 22.2. The third-order valence-corrected chi connectivity index (χ3v) is 5.46. The van der Waals surface area contributed by atoms with Crippen molar-refractivity contribution in [1.82, 2.24) is 35.2 Å². The molecule has 4 aromatic heterocycles. The summed E-state index contributed by atoms with van der Waals surface area (Å²) in [6.45, 7) is 0. The fraction of sp³-hybridized carbons (Fsp3) is 0. The van der Waals surface area contributed by atoms with E-state index in [9.17, 15) is 4.39 Å². The Labute approximate surface area is 187 Å². The number of benzene rings is 2. The van der Waals surface area contributed by atoms with Gasteiger partial charge in [-0.15, -0.1) is 5.10 Å². The Hall–Kier alpha value is -4.72. The fourth-order valence-electron chi connectivity index (χ4n) is 3.82. The molecular weight excluding hydrogens is 417 g/mol. The standard InChI is InChI=1S/C25H16FN7/c26-25-20(7-4-10-28-25)17-8-9-22-21(12-17)24(31-29-22)23-15-33(32-30-23)19-11-18(13-27-14-19)16-5-2-1-3-6-16/h1-15H,(H,29,31). The average Bonchev–Trinajstić information content (AvgIpc) is 3.52. The molecule has 8 heteroatoms. The van der Waals surface area contributed by atoms with Crippen molar-refractivity contribution < 1.29 is 4.39 Å². The highest BCUT2D eigenvalue weighted by molar-refractivity contribution is 5.94. The summed E-state index contributed by atoms with van der Waals surface area (Å²) in [6.07, 6.45) is 6.78. The molecule has 0 aliphatic carbocycles. The molecule has 6 aromatic rings. The van der Waals surface area contributed by atoms with E-state index in [1.165, 1.54) is 6.20 Å². The first-order valence-electron chi connectivity index (χ1n) is 10.3. The van der Waals surface area contributed by atoms with Crippen molar-refractivity contribution in [2.45, 2.75) is 0 Å². The van der Waals surface area contributed by atoms with Crippen molar-refractivity contribution in [3.63, 3.8) is 0 Å². The number of rotatable bonds is 4. The van der Waals surface area contributed by atoms with E-state index in [4.69, 9.17) is 0 Å². The summed E-state index contributed by atoms with van der Waals surface area (Å²) < 4.78 is 15.9. The Morgan fingerprint density at radius 3 is 2.64 bits per heavy atom. The predicted octanol–water partition coefficient (Wildman–Crippen LogP) is 5.07. The molecule has 6 rings (SSSR count). The number of aromatic amines is 1. The summed E-state index contributed by atoms with van der Waals surface area (Å²) in [5.41, 5.74) is 6.03. The van der Waals surface area contributed by atoms with E-state index >= 15 is 0 Å². The molecule has 0 saturated carbocycles. The monoisotopic (exact) mass is 433 g/mol. The van der Waals surface area contributed by atoms with Crippen LogP contribution in [0.4, 0.5) is 4.39 Å². The molecule has 2 aromatic carbocycles. The highest BCUT2D eigenvalue weighted by Crippen LogP contribution is 2.30. The molecule has 0 unspecified atom stereocenters. The molecule has 0 bridgehead atoms. The summed E-state index contributed by atoms with van der Waals surface area (Å²) in [5, 5.41) is 16.9. The highest BCUT2D eigenvalue weighted by atomic mass is 19.1. The van der Waals surface area contributed by atoms with E-state index in [2.05, 4.69) is 30.5 Å². The second-order valence-electron chi connectivity index (χ2n) is 7.52. The van der Waals surface area contributed by atoms with Crippen molar-refractivity contribution in [2.75, 3.05) is 0 Å². The van der Waals surface area contributed by atoms with Crippen LogP contribution in [0.25, 0.3) is 50.2 Å². The highest BCUT2D eigenvalue weighted by Gasteiger charge is 2.15. The molecule has 158 valence electrons. The molecule has 0 aliphatic heterocycles. The minimum absolute atomic E-state index is 0.430. The van der Waals surface area contributed by atoms with Crippen molar-refractivity contribution >= 4 is 10.9 Å². The maximum atomic E-state index is 14.2. The van der Waals surface area contributed by atoms with Gasteiger partial charge >= 0.3 is 0 Å². The molecule has 7 nitrogen and oxygen atoms in total. The molecule has 0 spiro atoms. The third kappa shape index (κ3) is 3.43. The predicted molar refractivity (Wildman–Crippen MR) is 123 cm³/mol. The van der Waals surface area contributed by atoms with E-state index in [1.54, 1.807) is 29.2 Å². The van der Waals surface area contributed by atoms with Crippen LogP contribution in [0.15, 0.2) is 91.5 Å². The molecule has 0 aliphatic rings. The zero-order valence-electron chi connectivity index (χ0n) is 17.2. The number of fused-ring (bicyclic) bond motifs is 1. The molecule has 0 atom stereocenters.